The average Bonchev–Trinajstić information content (AvgIpc) is 3.13. The number of fused-ring (bicyclic) bond motifs is 2. The summed E-state index contributed by atoms with van der Waals surface area (Å²) in [5.74, 6) is 1.00. The van der Waals surface area contributed by atoms with Gasteiger partial charge in [-0.05, 0) is 91.4 Å². The normalized spacial score (nSPS) is 15.1. The summed E-state index contributed by atoms with van der Waals surface area (Å²) >= 11 is 3.47. The standard InChI is InChI=1S/C30H28BrNO4/c1-17(2)12-13-35-23-7-5-6-20(16-23)27-26-28(33)24-14-18(3)19(4)15-25(24)36-29(26)30(34)32(27)22-10-8-21(31)9-11-22/h5-11,14-17,27H,12-13H2,1-4H3. The highest BCUT2D eigenvalue weighted by atomic mass is 79.9. The number of hydrogen-bond donors (Lipinski definition) is 0. The maximum absolute atomic E-state index is 13.9. The highest BCUT2D eigenvalue weighted by Gasteiger charge is 2.43. The number of carbonyl (C=O) groups is 1. The molecular weight excluding hydrogens is 518 g/mol. The van der Waals surface area contributed by atoms with E-state index >= 15 is 0 Å². The van der Waals surface area contributed by atoms with Crippen LogP contribution in [0.1, 0.15) is 59.1 Å². The van der Waals surface area contributed by atoms with Gasteiger partial charge in [0.1, 0.15) is 11.3 Å². The molecule has 2 heterocycles. The van der Waals surface area contributed by atoms with E-state index in [1.165, 1.54) is 0 Å². The fourth-order valence-electron chi connectivity index (χ4n) is 4.60. The zero-order valence-corrected chi connectivity index (χ0v) is 22.4. The van der Waals surface area contributed by atoms with Crippen molar-refractivity contribution in [2.75, 3.05) is 11.5 Å². The Morgan fingerprint density at radius 2 is 1.72 bits per heavy atom. The van der Waals surface area contributed by atoms with Crippen LogP contribution in [0.3, 0.4) is 0 Å². The SMILES string of the molecule is Cc1cc2oc3c(c(=O)c2cc1C)C(c1cccc(OCCC(C)C)c1)N(c1ccc(Br)cc1)C3=O. The molecule has 1 unspecified atom stereocenters. The largest absolute Gasteiger partial charge is 0.494 e. The summed E-state index contributed by atoms with van der Waals surface area (Å²) in [6.07, 6.45) is 0.939. The maximum atomic E-state index is 13.9. The number of halogens is 1. The van der Waals surface area contributed by atoms with Crippen LogP contribution >= 0.6 is 15.9 Å². The van der Waals surface area contributed by atoms with E-state index in [0.29, 0.717) is 40.5 Å². The molecule has 0 fully saturated rings. The minimum atomic E-state index is -0.635. The van der Waals surface area contributed by atoms with E-state index in [4.69, 9.17) is 9.15 Å². The highest BCUT2D eigenvalue weighted by molar-refractivity contribution is 9.10. The molecule has 0 N–H and O–H groups in total. The molecule has 0 saturated heterocycles. The summed E-state index contributed by atoms with van der Waals surface area (Å²) < 4.78 is 13.1. The second kappa shape index (κ2) is 9.58. The summed E-state index contributed by atoms with van der Waals surface area (Å²) in [5, 5.41) is 0.483. The van der Waals surface area contributed by atoms with Crippen molar-refractivity contribution < 1.29 is 13.9 Å². The molecule has 1 aromatic heterocycles. The van der Waals surface area contributed by atoms with Crippen molar-refractivity contribution in [1.82, 2.24) is 0 Å². The molecule has 1 amide bonds. The summed E-state index contributed by atoms with van der Waals surface area (Å²) in [6, 6.07) is 18.2. The van der Waals surface area contributed by atoms with Crippen molar-refractivity contribution in [3.05, 3.63) is 103 Å². The van der Waals surface area contributed by atoms with Gasteiger partial charge in [0.2, 0.25) is 5.76 Å². The molecule has 0 saturated carbocycles. The lowest BCUT2D eigenvalue weighted by atomic mass is 9.97. The van der Waals surface area contributed by atoms with Gasteiger partial charge in [-0.2, -0.15) is 0 Å². The third-order valence-corrected chi connectivity index (χ3v) is 7.26. The van der Waals surface area contributed by atoms with Crippen LogP contribution in [0.15, 0.2) is 74.3 Å². The number of ether oxygens (including phenoxy) is 1. The van der Waals surface area contributed by atoms with E-state index in [2.05, 4.69) is 29.8 Å². The Morgan fingerprint density at radius 1 is 1.00 bits per heavy atom. The molecule has 1 atom stereocenters. The number of benzene rings is 3. The van der Waals surface area contributed by atoms with Crippen LogP contribution in [0.2, 0.25) is 0 Å². The van der Waals surface area contributed by atoms with Gasteiger partial charge in [-0.25, -0.2) is 0 Å². The van der Waals surface area contributed by atoms with Gasteiger partial charge in [0.15, 0.2) is 5.43 Å². The van der Waals surface area contributed by atoms with Crippen molar-refractivity contribution in [2.45, 2.75) is 40.2 Å². The first kappa shape index (κ1) is 24.3. The van der Waals surface area contributed by atoms with Crippen LogP contribution in [-0.4, -0.2) is 12.5 Å². The minimum absolute atomic E-state index is 0.0924. The zero-order valence-electron chi connectivity index (χ0n) is 20.8. The summed E-state index contributed by atoms with van der Waals surface area (Å²) in [6.45, 7) is 8.85. The molecule has 3 aromatic carbocycles. The number of anilines is 1. The average molecular weight is 546 g/mol. The fourth-order valence-corrected chi connectivity index (χ4v) is 4.86. The Hall–Kier alpha value is -3.38. The van der Waals surface area contributed by atoms with Gasteiger partial charge >= 0.3 is 0 Å². The van der Waals surface area contributed by atoms with Crippen molar-refractivity contribution in [3.63, 3.8) is 0 Å². The van der Waals surface area contributed by atoms with E-state index in [1.54, 1.807) is 4.90 Å². The molecule has 1 aliphatic heterocycles. The van der Waals surface area contributed by atoms with E-state index in [1.807, 2.05) is 74.5 Å². The van der Waals surface area contributed by atoms with Gasteiger partial charge in [0.05, 0.1) is 23.6 Å². The highest BCUT2D eigenvalue weighted by Crippen LogP contribution is 2.42. The van der Waals surface area contributed by atoms with Crippen LogP contribution in [0, 0.1) is 19.8 Å². The van der Waals surface area contributed by atoms with Gasteiger partial charge in [0.25, 0.3) is 5.91 Å². The first-order chi connectivity index (χ1) is 17.2. The topological polar surface area (TPSA) is 59.8 Å². The lowest BCUT2D eigenvalue weighted by Crippen LogP contribution is -2.29. The molecule has 5 nitrogen and oxygen atoms in total. The van der Waals surface area contributed by atoms with Gasteiger partial charge < -0.3 is 9.15 Å². The third kappa shape index (κ3) is 4.35. The molecule has 36 heavy (non-hydrogen) atoms. The van der Waals surface area contributed by atoms with E-state index < -0.39 is 6.04 Å². The Kier molecular flexibility index (Phi) is 6.47. The third-order valence-electron chi connectivity index (χ3n) is 6.73. The Balaban J connectivity index is 1.69. The number of amides is 1. The summed E-state index contributed by atoms with van der Waals surface area (Å²) in [7, 11) is 0. The second-order valence-electron chi connectivity index (χ2n) is 9.76. The predicted octanol–water partition coefficient (Wildman–Crippen LogP) is 7.35. The molecule has 1 aliphatic rings. The molecule has 6 heteroatoms. The maximum Gasteiger partial charge on any atom is 0.295 e. The first-order valence-corrected chi connectivity index (χ1v) is 12.9. The lowest BCUT2D eigenvalue weighted by Gasteiger charge is -2.25. The quantitative estimate of drug-likeness (QED) is 0.254. The number of rotatable bonds is 6. The van der Waals surface area contributed by atoms with Crippen molar-refractivity contribution >= 4 is 38.5 Å². The van der Waals surface area contributed by atoms with Crippen LogP contribution in [-0.2, 0) is 0 Å². The van der Waals surface area contributed by atoms with Crippen LogP contribution in [0.4, 0.5) is 5.69 Å². The van der Waals surface area contributed by atoms with Gasteiger partial charge in [-0.3, -0.25) is 14.5 Å². The molecule has 0 spiro atoms. The smallest absolute Gasteiger partial charge is 0.295 e. The first-order valence-electron chi connectivity index (χ1n) is 12.1. The van der Waals surface area contributed by atoms with Crippen molar-refractivity contribution in [2.24, 2.45) is 5.92 Å². The number of nitrogens with zero attached hydrogens (tertiary/aromatic N) is 1. The molecular formula is C30H28BrNO4. The second-order valence-corrected chi connectivity index (χ2v) is 10.7. The van der Waals surface area contributed by atoms with Crippen molar-refractivity contribution in [1.29, 1.82) is 0 Å². The van der Waals surface area contributed by atoms with E-state index in [0.717, 1.165) is 27.6 Å². The summed E-state index contributed by atoms with van der Waals surface area (Å²) in [4.78, 5) is 29.3. The number of carbonyl (C=O) groups excluding carboxylic acids is 1. The molecule has 184 valence electrons. The fraction of sp³-hybridized carbons (Fsp3) is 0.267. The molecule has 0 radical (unpaired) electrons. The molecule has 0 aliphatic carbocycles. The van der Waals surface area contributed by atoms with Crippen LogP contribution in [0.5, 0.6) is 5.75 Å². The minimum Gasteiger partial charge on any atom is -0.494 e. The zero-order chi connectivity index (χ0) is 25.6. The van der Waals surface area contributed by atoms with Crippen LogP contribution < -0.4 is 15.1 Å². The Bertz CT molecular complexity index is 1520. The monoisotopic (exact) mass is 545 g/mol. The molecule has 5 rings (SSSR count). The van der Waals surface area contributed by atoms with E-state index in [-0.39, 0.29) is 17.1 Å². The summed E-state index contributed by atoms with van der Waals surface area (Å²) in [5.41, 5.74) is 4.09. The van der Waals surface area contributed by atoms with Gasteiger partial charge in [-0.15, -0.1) is 0 Å². The molecule has 4 aromatic rings. The van der Waals surface area contributed by atoms with Crippen LogP contribution in [0.25, 0.3) is 11.0 Å². The predicted molar refractivity (Wildman–Crippen MR) is 146 cm³/mol. The van der Waals surface area contributed by atoms with Crippen molar-refractivity contribution in [3.8, 4) is 5.75 Å². The number of aryl methyl sites for hydroxylation is 2. The van der Waals surface area contributed by atoms with Gasteiger partial charge in [-0.1, -0.05) is 41.9 Å². The number of hydrogen-bond acceptors (Lipinski definition) is 4. The van der Waals surface area contributed by atoms with Gasteiger partial charge in [0, 0.05) is 10.2 Å². The lowest BCUT2D eigenvalue weighted by molar-refractivity contribution is 0.0971. The Labute approximate surface area is 218 Å². The van der Waals surface area contributed by atoms with E-state index in [9.17, 15) is 9.59 Å². The molecule has 0 bridgehead atoms. The Morgan fingerprint density at radius 3 is 2.44 bits per heavy atom.